The number of aromatic nitrogens is 2. The number of nitrogens with one attached hydrogen (secondary N) is 4. The smallest absolute Gasteiger partial charge is 0.242 e. The zero-order valence-corrected chi connectivity index (χ0v) is 24.6. The van der Waals surface area contributed by atoms with E-state index in [-0.39, 0.29) is 10.9 Å². The number of para-hydroxylation sites is 1. The molecule has 216 valence electrons. The van der Waals surface area contributed by atoms with Gasteiger partial charge in [0.1, 0.15) is 16.5 Å². The maximum Gasteiger partial charge on any atom is 0.242 e. The zero-order chi connectivity index (χ0) is 28.5. The summed E-state index contributed by atoms with van der Waals surface area (Å²) in [5.41, 5.74) is 2.95. The third-order valence-electron chi connectivity index (χ3n) is 6.72. The average Bonchev–Trinajstić information content (AvgIpc) is 3.42. The molecule has 1 saturated carbocycles. The Morgan fingerprint density at radius 1 is 1.05 bits per heavy atom. The summed E-state index contributed by atoms with van der Waals surface area (Å²) in [6, 6.07) is 12.8. The van der Waals surface area contributed by atoms with Gasteiger partial charge >= 0.3 is 0 Å². The third-order valence-corrected chi connectivity index (χ3v) is 8.30. The van der Waals surface area contributed by atoms with Crippen molar-refractivity contribution in [1.29, 1.82) is 0 Å². The quantitative estimate of drug-likeness (QED) is 0.193. The minimum atomic E-state index is -3.69. The maximum atomic E-state index is 13.2. The second kappa shape index (κ2) is 13.8. The standard InChI is InChI=1S/C29H41N7O3S/c1-5-39-26-19-23(30-17-10-18-36(3)4)15-16-24(26)33-29-31-20-21(2)28(34-29)32-25-13-8-9-14-27(25)40(37,38)35-22-11-6-7-12-22/h8-9,13-16,19-20,22,30,35H,5-7,10-12,17-18H2,1-4H3,(H2,31,32,33,34). The molecule has 1 aliphatic rings. The summed E-state index contributed by atoms with van der Waals surface area (Å²) >= 11 is 0. The van der Waals surface area contributed by atoms with E-state index in [0.717, 1.165) is 62.1 Å². The Balaban J connectivity index is 1.51. The van der Waals surface area contributed by atoms with Gasteiger partial charge in [-0.1, -0.05) is 25.0 Å². The SMILES string of the molecule is CCOc1cc(NCCCN(C)C)ccc1Nc1ncc(C)c(Nc2ccccc2S(=O)(=O)NC2CCCC2)n1. The van der Waals surface area contributed by atoms with E-state index in [1.807, 2.05) is 32.0 Å². The normalized spacial score (nSPS) is 13.9. The van der Waals surface area contributed by atoms with Crippen LogP contribution < -0.4 is 25.4 Å². The first-order valence-corrected chi connectivity index (χ1v) is 15.4. The van der Waals surface area contributed by atoms with Crippen molar-refractivity contribution < 1.29 is 13.2 Å². The van der Waals surface area contributed by atoms with Gasteiger partial charge in [-0.25, -0.2) is 18.1 Å². The van der Waals surface area contributed by atoms with Crippen LogP contribution in [-0.4, -0.2) is 63.1 Å². The van der Waals surface area contributed by atoms with Crippen molar-refractivity contribution >= 4 is 38.9 Å². The lowest BCUT2D eigenvalue weighted by Gasteiger charge is -2.17. The van der Waals surface area contributed by atoms with Crippen molar-refractivity contribution in [2.75, 3.05) is 49.7 Å². The van der Waals surface area contributed by atoms with Gasteiger partial charge in [0.2, 0.25) is 16.0 Å². The molecular weight excluding hydrogens is 526 g/mol. The fraction of sp³-hybridized carbons (Fsp3) is 0.448. The summed E-state index contributed by atoms with van der Waals surface area (Å²) in [7, 11) is 0.441. The third kappa shape index (κ3) is 8.06. The Hall–Kier alpha value is -3.41. The molecule has 4 N–H and O–H groups in total. The first-order valence-electron chi connectivity index (χ1n) is 13.9. The topological polar surface area (TPSA) is 121 Å². The molecule has 0 radical (unpaired) electrons. The molecule has 2 aromatic carbocycles. The molecule has 0 atom stereocenters. The summed E-state index contributed by atoms with van der Waals surface area (Å²) in [5.74, 6) is 1.57. The molecule has 1 aromatic heterocycles. The molecule has 0 spiro atoms. The number of hydrogen-bond donors (Lipinski definition) is 4. The predicted octanol–water partition coefficient (Wildman–Crippen LogP) is 5.26. The molecule has 1 aliphatic carbocycles. The number of hydrogen-bond acceptors (Lipinski definition) is 9. The molecule has 0 unspecified atom stereocenters. The van der Waals surface area contributed by atoms with Crippen LogP contribution in [0.5, 0.6) is 5.75 Å². The van der Waals surface area contributed by atoms with Crippen LogP contribution in [0.2, 0.25) is 0 Å². The lowest BCUT2D eigenvalue weighted by molar-refractivity contribution is 0.342. The van der Waals surface area contributed by atoms with Gasteiger partial charge in [0, 0.05) is 36.1 Å². The van der Waals surface area contributed by atoms with Crippen molar-refractivity contribution in [3.63, 3.8) is 0 Å². The van der Waals surface area contributed by atoms with E-state index < -0.39 is 10.0 Å². The second-order valence-electron chi connectivity index (χ2n) is 10.3. The Morgan fingerprint density at radius 3 is 2.58 bits per heavy atom. The van der Waals surface area contributed by atoms with Crippen molar-refractivity contribution in [1.82, 2.24) is 19.6 Å². The highest BCUT2D eigenvalue weighted by Gasteiger charge is 2.25. The largest absolute Gasteiger partial charge is 0.492 e. The summed E-state index contributed by atoms with van der Waals surface area (Å²) in [4.78, 5) is 11.5. The van der Waals surface area contributed by atoms with E-state index in [2.05, 4.69) is 49.6 Å². The molecule has 3 aromatic rings. The number of nitrogens with zero attached hydrogens (tertiary/aromatic N) is 3. The number of anilines is 5. The molecule has 40 heavy (non-hydrogen) atoms. The predicted molar refractivity (Wildman–Crippen MR) is 162 cm³/mol. The molecule has 0 aliphatic heterocycles. The Kier molecular flexibility index (Phi) is 10.2. The average molecular weight is 568 g/mol. The highest BCUT2D eigenvalue weighted by molar-refractivity contribution is 7.89. The van der Waals surface area contributed by atoms with Gasteiger partial charge in [0.25, 0.3) is 0 Å². The highest BCUT2D eigenvalue weighted by atomic mass is 32.2. The van der Waals surface area contributed by atoms with Crippen LogP contribution in [0.1, 0.15) is 44.6 Å². The molecule has 11 heteroatoms. The molecule has 4 rings (SSSR count). The summed E-state index contributed by atoms with van der Waals surface area (Å²) < 4.78 is 35.2. The Morgan fingerprint density at radius 2 is 1.82 bits per heavy atom. The van der Waals surface area contributed by atoms with Crippen LogP contribution in [0, 0.1) is 6.92 Å². The van der Waals surface area contributed by atoms with Crippen LogP contribution in [0.25, 0.3) is 0 Å². The summed E-state index contributed by atoms with van der Waals surface area (Å²) in [6.07, 6.45) is 6.56. The summed E-state index contributed by atoms with van der Waals surface area (Å²) in [6.45, 7) is 6.21. The van der Waals surface area contributed by atoms with Crippen molar-refractivity contribution in [3.05, 3.63) is 54.2 Å². The number of aryl methyl sites for hydroxylation is 1. The first kappa shape index (κ1) is 29.6. The second-order valence-corrected chi connectivity index (χ2v) is 12.0. The molecule has 10 nitrogen and oxygen atoms in total. The van der Waals surface area contributed by atoms with Gasteiger partial charge in [0.05, 0.1) is 18.0 Å². The van der Waals surface area contributed by atoms with E-state index in [1.54, 1.807) is 30.5 Å². The van der Waals surface area contributed by atoms with E-state index >= 15 is 0 Å². The maximum absolute atomic E-state index is 13.2. The fourth-order valence-corrected chi connectivity index (χ4v) is 6.11. The van der Waals surface area contributed by atoms with Crippen LogP contribution in [-0.2, 0) is 10.0 Å². The molecule has 0 saturated heterocycles. The molecule has 0 amide bonds. The molecule has 0 bridgehead atoms. The van der Waals surface area contributed by atoms with E-state index in [1.165, 1.54) is 0 Å². The Bertz CT molecular complexity index is 1380. The van der Waals surface area contributed by atoms with Gasteiger partial charge in [-0.15, -0.1) is 0 Å². The van der Waals surface area contributed by atoms with Gasteiger partial charge in [-0.2, -0.15) is 4.98 Å². The number of rotatable bonds is 14. The minimum absolute atomic E-state index is 0.0196. The number of benzene rings is 2. The van der Waals surface area contributed by atoms with Crippen LogP contribution >= 0.6 is 0 Å². The van der Waals surface area contributed by atoms with Gasteiger partial charge < -0.3 is 25.6 Å². The molecule has 1 heterocycles. The van der Waals surface area contributed by atoms with E-state index in [4.69, 9.17) is 4.74 Å². The lowest BCUT2D eigenvalue weighted by Crippen LogP contribution is -2.33. The van der Waals surface area contributed by atoms with Gasteiger partial charge in [-0.05, 0) is 78.0 Å². The highest BCUT2D eigenvalue weighted by Crippen LogP contribution is 2.32. The minimum Gasteiger partial charge on any atom is -0.492 e. The van der Waals surface area contributed by atoms with E-state index in [9.17, 15) is 8.42 Å². The van der Waals surface area contributed by atoms with Gasteiger partial charge in [-0.3, -0.25) is 0 Å². The van der Waals surface area contributed by atoms with Crippen LogP contribution in [0.15, 0.2) is 53.6 Å². The fourth-order valence-electron chi connectivity index (χ4n) is 4.65. The van der Waals surface area contributed by atoms with Crippen LogP contribution in [0.4, 0.5) is 28.8 Å². The zero-order valence-electron chi connectivity index (χ0n) is 23.8. The molecule has 1 fully saturated rings. The van der Waals surface area contributed by atoms with E-state index in [0.29, 0.717) is 29.8 Å². The number of sulfonamides is 1. The lowest BCUT2D eigenvalue weighted by atomic mass is 10.2. The van der Waals surface area contributed by atoms with Gasteiger partial charge in [0.15, 0.2) is 0 Å². The van der Waals surface area contributed by atoms with Crippen LogP contribution in [0.3, 0.4) is 0 Å². The monoisotopic (exact) mass is 567 g/mol. The summed E-state index contributed by atoms with van der Waals surface area (Å²) in [5, 5.41) is 9.93. The van der Waals surface area contributed by atoms with Crippen molar-refractivity contribution in [2.24, 2.45) is 0 Å². The number of ether oxygens (including phenoxy) is 1. The molecular formula is C29H41N7O3S. The Labute approximate surface area is 238 Å². The van der Waals surface area contributed by atoms with Crippen molar-refractivity contribution in [2.45, 2.75) is 56.9 Å². The first-order chi connectivity index (χ1) is 19.2. The van der Waals surface area contributed by atoms with Crippen molar-refractivity contribution in [3.8, 4) is 5.75 Å².